The van der Waals surface area contributed by atoms with Crippen LogP contribution in [0.1, 0.15) is 30.8 Å². The van der Waals surface area contributed by atoms with Crippen LogP contribution in [0.3, 0.4) is 0 Å². The quantitative estimate of drug-likeness (QED) is 0.578. The van der Waals surface area contributed by atoms with Gasteiger partial charge in [0, 0.05) is 6.26 Å². The minimum absolute atomic E-state index is 0.159. The van der Waals surface area contributed by atoms with Crippen molar-refractivity contribution in [3.05, 3.63) is 34.1 Å². The molecule has 1 amide bonds. The third-order valence-electron chi connectivity index (χ3n) is 4.07. The predicted octanol–water partition coefficient (Wildman–Crippen LogP) is 4.10. The van der Waals surface area contributed by atoms with Crippen LogP contribution >= 0.6 is 27.3 Å². The van der Waals surface area contributed by atoms with Crippen LogP contribution in [0.5, 0.6) is 0 Å². The highest BCUT2D eigenvalue weighted by Crippen LogP contribution is 2.32. The first kappa shape index (κ1) is 20.8. The maximum absolute atomic E-state index is 13.0. The molecule has 3 rings (SSSR count). The summed E-state index contributed by atoms with van der Waals surface area (Å²) in [5, 5.41) is 6.73. The summed E-state index contributed by atoms with van der Waals surface area (Å²) in [6.45, 7) is 3.11. The molecule has 0 spiro atoms. The first-order valence-corrected chi connectivity index (χ1v) is 11.4. The van der Waals surface area contributed by atoms with Gasteiger partial charge in [-0.25, -0.2) is 22.2 Å². The number of aromatic nitrogens is 3. The molecule has 28 heavy (non-hydrogen) atoms. The highest BCUT2D eigenvalue weighted by molar-refractivity contribution is 9.10. The lowest BCUT2D eigenvalue weighted by Gasteiger charge is -2.13. The number of thiazole rings is 1. The summed E-state index contributed by atoms with van der Waals surface area (Å²) in [5.41, 5.74) is 0.517. The van der Waals surface area contributed by atoms with E-state index >= 15 is 0 Å². The maximum atomic E-state index is 13.0. The van der Waals surface area contributed by atoms with E-state index < -0.39 is 33.9 Å². The molecule has 12 heteroatoms. The molecular formula is C16H15BrF2N4O3S2. The standard InChI is InChI=1S/C16H15BrF2N4O3S2/c1-7-12(17)13(14(18)19)22-23(7)8(2)15(24)21-16-20-10-5-4-9(28(3,25)26)6-11(10)27-16/h4-6,8,14H,1-3H3,(H,20,21,24)/t8-/m0/s1. The molecule has 0 aliphatic carbocycles. The molecule has 0 bridgehead atoms. The summed E-state index contributed by atoms with van der Waals surface area (Å²) in [6.07, 6.45) is -1.66. The molecule has 1 N–H and O–H groups in total. The van der Waals surface area contributed by atoms with E-state index in [2.05, 4.69) is 31.3 Å². The number of alkyl halides is 2. The summed E-state index contributed by atoms with van der Waals surface area (Å²) in [4.78, 5) is 17.0. The van der Waals surface area contributed by atoms with Crippen LogP contribution in [0.15, 0.2) is 27.6 Å². The van der Waals surface area contributed by atoms with Crippen LogP contribution in [-0.4, -0.2) is 35.3 Å². The largest absolute Gasteiger partial charge is 0.300 e. The van der Waals surface area contributed by atoms with Crippen LogP contribution in [-0.2, 0) is 14.6 Å². The number of nitrogens with zero attached hydrogens (tertiary/aromatic N) is 3. The lowest BCUT2D eigenvalue weighted by molar-refractivity contribution is -0.119. The third kappa shape index (κ3) is 3.94. The molecule has 0 unspecified atom stereocenters. The molecule has 0 saturated carbocycles. The van der Waals surface area contributed by atoms with Gasteiger partial charge in [-0.05, 0) is 48.0 Å². The number of carbonyl (C=O) groups is 1. The van der Waals surface area contributed by atoms with Crippen LogP contribution < -0.4 is 5.32 Å². The Labute approximate surface area is 171 Å². The highest BCUT2D eigenvalue weighted by Gasteiger charge is 2.26. The molecule has 0 fully saturated rings. The Kier molecular flexibility index (Phi) is 5.56. The van der Waals surface area contributed by atoms with Gasteiger partial charge >= 0.3 is 0 Å². The average Bonchev–Trinajstić information content (AvgIpc) is 3.13. The van der Waals surface area contributed by atoms with E-state index in [1.165, 1.54) is 23.7 Å². The highest BCUT2D eigenvalue weighted by atomic mass is 79.9. The molecule has 0 aliphatic heterocycles. The van der Waals surface area contributed by atoms with Gasteiger partial charge in [-0.3, -0.25) is 9.48 Å². The van der Waals surface area contributed by atoms with Gasteiger partial charge in [-0.2, -0.15) is 5.10 Å². The number of fused-ring (bicyclic) bond motifs is 1. The zero-order valence-electron chi connectivity index (χ0n) is 14.9. The van der Waals surface area contributed by atoms with Crippen molar-refractivity contribution in [2.45, 2.75) is 31.2 Å². The Morgan fingerprint density at radius 2 is 2.04 bits per heavy atom. The molecule has 2 aromatic heterocycles. The number of amides is 1. The first-order chi connectivity index (χ1) is 13.0. The normalized spacial score (nSPS) is 13.2. The second-order valence-electron chi connectivity index (χ2n) is 6.12. The number of halogens is 3. The zero-order valence-corrected chi connectivity index (χ0v) is 18.1. The fourth-order valence-corrected chi connectivity index (χ4v) is 4.61. The Morgan fingerprint density at radius 3 is 2.61 bits per heavy atom. The van der Waals surface area contributed by atoms with E-state index in [-0.39, 0.29) is 14.5 Å². The van der Waals surface area contributed by atoms with Crippen molar-refractivity contribution in [2.75, 3.05) is 11.6 Å². The Hall–Kier alpha value is -1.92. The molecule has 1 aromatic carbocycles. The van der Waals surface area contributed by atoms with Gasteiger partial charge in [-0.1, -0.05) is 11.3 Å². The summed E-state index contributed by atoms with van der Waals surface area (Å²) >= 11 is 4.20. The number of benzene rings is 1. The Balaban J connectivity index is 1.85. The van der Waals surface area contributed by atoms with Gasteiger partial charge in [0.1, 0.15) is 11.7 Å². The zero-order chi connectivity index (χ0) is 20.8. The Morgan fingerprint density at radius 1 is 1.36 bits per heavy atom. The summed E-state index contributed by atoms with van der Waals surface area (Å²) < 4.78 is 51.3. The topological polar surface area (TPSA) is 93.9 Å². The second-order valence-corrected chi connectivity index (χ2v) is 9.96. The maximum Gasteiger partial charge on any atom is 0.283 e. The van der Waals surface area contributed by atoms with Gasteiger partial charge < -0.3 is 5.32 Å². The summed E-state index contributed by atoms with van der Waals surface area (Å²) in [5.74, 6) is -0.485. The van der Waals surface area contributed by atoms with Crippen molar-refractivity contribution in [1.82, 2.24) is 14.8 Å². The SMILES string of the molecule is Cc1c(Br)c(C(F)F)nn1[C@@H](C)C(=O)Nc1nc2ccc(S(C)(=O)=O)cc2s1. The number of carbonyl (C=O) groups excluding carboxylic acids is 1. The Bertz CT molecular complexity index is 1170. The number of nitrogens with one attached hydrogen (secondary N) is 1. The van der Waals surface area contributed by atoms with Gasteiger partial charge in [0.05, 0.1) is 25.3 Å². The van der Waals surface area contributed by atoms with Crippen LogP contribution in [0, 0.1) is 6.92 Å². The van der Waals surface area contributed by atoms with Crippen LogP contribution in [0.4, 0.5) is 13.9 Å². The molecule has 2 heterocycles. The van der Waals surface area contributed by atoms with Crippen molar-refractivity contribution in [3.8, 4) is 0 Å². The average molecular weight is 493 g/mol. The smallest absolute Gasteiger partial charge is 0.283 e. The third-order valence-corrected chi connectivity index (χ3v) is 7.10. The minimum atomic E-state index is -3.36. The van der Waals surface area contributed by atoms with Crippen molar-refractivity contribution >= 4 is 58.4 Å². The summed E-state index contributed by atoms with van der Waals surface area (Å²) in [6, 6.07) is 3.64. The number of hydrogen-bond donors (Lipinski definition) is 1. The van der Waals surface area contributed by atoms with Crippen LogP contribution in [0.2, 0.25) is 0 Å². The first-order valence-electron chi connectivity index (χ1n) is 7.93. The van der Waals surface area contributed by atoms with Gasteiger partial charge in [0.2, 0.25) is 0 Å². The van der Waals surface area contributed by atoms with E-state index in [1.54, 1.807) is 13.0 Å². The number of hydrogen-bond acceptors (Lipinski definition) is 6. The van der Waals surface area contributed by atoms with E-state index in [0.717, 1.165) is 17.6 Å². The molecule has 0 aliphatic rings. The van der Waals surface area contributed by atoms with E-state index in [0.29, 0.717) is 15.9 Å². The van der Waals surface area contributed by atoms with E-state index in [1.807, 2.05) is 0 Å². The van der Waals surface area contributed by atoms with Crippen molar-refractivity contribution in [3.63, 3.8) is 0 Å². The monoisotopic (exact) mass is 492 g/mol. The molecule has 0 radical (unpaired) electrons. The molecule has 7 nitrogen and oxygen atoms in total. The van der Waals surface area contributed by atoms with Gasteiger partial charge in [-0.15, -0.1) is 0 Å². The lowest BCUT2D eigenvalue weighted by atomic mass is 10.3. The number of rotatable bonds is 5. The fourth-order valence-electron chi connectivity index (χ4n) is 2.55. The van der Waals surface area contributed by atoms with Crippen molar-refractivity contribution in [1.29, 1.82) is 0 Å². The fraction of sp³-hybridized carbons (Fsp3) is 0.312. The molecular weight excluding hydrogens is 478 g/mol. The predicted molar refractivity (Wildman–Crippen MR) is 106 cm³/mol. The van der Waals surface area contributed by atoms with E-state index in [9.17, 15) is 22.0 Å². The van der Waals surface area contributed by atoms with Gasteiger partial charge in [0.15, 0.2) is 15.0 Å². The van der Waals surface area contributed by atoms with Crippen molar-refractivity contribution in [2.24, 2.45) is 0 Å². The second kappa shape index (κ2) is 7.48. The van der Waals surface area contributed by atoms with Crippen molar-refractivity contribution < 1.29 is 22.0 Å². The molecule has 3 aromatic rings. The molecule has 1 atom stereocenters. The summed E-state index contributed by atoms with van der Waals surface area (Å²) in [7, 11) is -3.36. The molecule has 0 saturated heterocycles. The van der Waals surface area contributed by atoms with E-state index in [4.69, 9.17) is 0 Å². The molecule has 150 valence electrons. The lowest BCUT2D eigenvalue weighted by Crippen LogP contribution is -2.25. The van der Waals surface area contributed by atoms with Crippen LogP contribution in [0.25, 0.3) is 10.2 Å². The van der Waals surface area contributed by atoms with Gasteiger partial charge in [0.25, 0.3) is 12.3 Å². The number of anilines is 1. The number of sulfone groups is 1. The minimum Gasteiger partial charge on any atom is -0.300 e.